The first-order valence-corrected chi connectivity index (χ1v) is 8.61. The Morgan fingerprint density at radius 1 is 1.28 bits per heavy atom. The lowest BCUT2D eigenvalue weighted by Gasteiger charge is -2.32. The number of piperidine rings is 1. The van der Waals surface area contributed by atoms with Crippen LogP contribution in [-0.4, -0.2) is 42.5 Å². The standard InChI is InChI=1S/C18H25N3O4/c1-2-25-17(23)14-6-8-15(9-7-14)20-18(24)21-11-3-4-13(12-21)5-10-16(19)22/h6-9,13H,2-5,10-12H2,1H3,(H2,19,22)(H,20,24). The molecule has 3 N–H and O–H groups in total. The lowest BCUT2D eigenvalue weighted by atomic mass is 9.93. The number of rotatable bonds is 6. The predicted molar refractivity (Wildman–Crippen MR) is 94.1 cm³/mol. The van der Waals surface area contributed by atoms with E-state index in [0.717, 1.165) is 12.8 Å². The quantitative estimate of drug-likeness (QED) is 0.771. The van der Waals surface area contributed by atoms with Crippen molar-refractivity contribution in [1.29, 1.82) is 0 Å². The fourth-order valence-electron chi connectivity index (χ4n) is 2.94. The second-order valence-electron chi connectivity index (χ2n) is 6.19. The van der Waals surface area contributed by atoms with Gasteiger partial charge in [0.1, 0.15) is 0 Å². The molecular weight excluding hydrogens is 322 g/mol. The number of ether oxygens (including phenoxy) is 1. The molecule has 1 aliphatic heterocycles. The van der Waals surface area contributed by atoms with Crippen molar-refractivity contribution in [2.24, 2.45) is 11.7 Å². The van der Waals surface area contributed by atoms with Crippen LogP contribution in [-0.2, 0) is 9.53 Å². The summed E-state index contributed by atoms with van der Waals surface area (Å²) in [5, 5.41) is 2.84. The SMILES string of the molecule is CCOC(=O)c1ccc(NC(=O)N2CCCC(CCC(N)=O)C2)cc1. The Bertz CT molecular complexity index is 615. The van der Waals surface area contributed by atoms with Gasteiger partial charge in [0.15, 0.2) is 0 Å². The highest BCUT2D eigenvalue weighted by atomic mass is 16.5. The number of urea groups is 1. The zero-order valence-corrected chi connectivity index (χ0v) is 14.5. The lowest BCUT2D eigenvalue weighted by Crippen LogP contribution is -2.42. The van der Waals surface area contributed by atoms with E-state index in [1.807, 2.05) is 0 Å². The van der Waals surface area contributed by atoms with Crippen LogP contribution < -0.4 is 11.1 Å². The molecule has 1 aliphatic rings. The fraction of sp³-hybridized carbons (Fsp3) is 0.500. The molecule has 25 heavy (non-hydrogen) atoms. The molecule has 0 spiro atoms. The Labute approximate surface area is 147 Å². The van der Waals surface area contributed by atoms with Crippen LogP contribution in [0.4, 0.5) is 10.5 Å². The summed E-state index contributed by atoms with van der Waals surface area (Å²) in [6, 6.07) is 6.43. The Morgan fingerprint density at radius 3 is 2.64 bits per heavy atom. The van der Waals surface area contributed by atoms with Crippen LogP contribution in [0.15, 0.2) is 24.3 Å². The molecule has 7 nitrogen and oxygen atoms in total. The average Bonchev–Trinajstić information content (AvgIpc) is 2.61. The van der Waals surface area contributed by atoms with Crippen molar-refractivity contribution in [1.82, 2.24) is 4.90 Å². The topological polar surface area (TPSA) is 102 Å². The first-order chi connectivity index (χ1) is 12.0. The van der Waals surface area contributed by atoms with Crippen LogP contribution in [0.1, 0.15) is 43.0 Å². The van der Waals surface area contributed by atoms with Crippen molar-refractivity contribution >= 4 is 23.6 Å². The van der Waals surface area contributed by atoms with Crippen LogP contribution in [0.5, 0.6) is 0 Å². The van der Waals surface area contributed by atoms with E-state index in [2.05, 4.69) is 5.32 Å². The van der Waals surface area contributed by atoms with Crippen LogP contribution in [0.3, 0.4) is 0 Å². The van der Waals surface area contributed by atoms with Crippen molar-refractivity contribution in [3.05, 3.63) is 29.8 Å². The highest BCUT2D eigenvalue weighted by Crippen LogP contribution is 2.22. The highest BCUT2D eigenvalue weighted by molar-refractivity contribution is 5.92. The molecule has 1 heterocycles. The number of likely N-dealkylation sites (tertiary alicyclic amines) is 1. The van der Waals surface area contributed by atoms with Gasteiger partial charge < -0.3 is 20.7 Å². The number of carbonyl (C=O) groups excluding carboxylic acids is 3. The summed E-state index contributed by atoms with van der Waals surface area (Å²) in [5.74, 6) is -0.379. The number of esters is 1. The average molecular weight is 347 g/mol. The van der Waals surface area contributed by atoms with Gasteiger partial charge in [-0.2, -0.15) is 0 Å². The molecule has 0 aliphatic carbocycles. The normalized spacial score (nSPS) is 17.0. The number of benzene rings is 1. The number of nitrogens with zero attached hydrogens (tertiary/aromatic N) is 1. The third kappa shape index (κ3) is 5.77. The Hall–Kier alpha value is -2.57. The zero-order valence-electron chi connectivity index (χ0n) is 14.5. The molecule has 3 amide bonds. The number of primary amides is 1. The van der Waals surface area contributed by atoms with Crippen molar-refractivity contribution in [3.63, 3.8) is 0 Å². The first kappa shape index (κ1) is 18.8. The number of amides is 3. The van der Waals surface area contributed by atoms with E-state index in [9.17, 15) is 14.4 Å². The second kappa shape index (κ2) is 9.05. The summed E-state index contributed by atoms with van der Waals surface area (Å²) in [6.45, 7) is 3.39. The Morgan fingerprint density at radius 2 is 2.00 bits per heavy atom. The Kier molecular flexibility index (Phi) is 6.80. The molecular formula is C18H25N3O4. The minimum absolute atomic E-state index is 0.173. The van der Waals surface area contributed by atoms with Crippen molar-refractivity contribution in [2.45, 2.75) is 32.6 Å². The Balaban J connectivity index is 1.88. The van der Waals surface area contributed by atoms with Gasteiger partial charge >= 0.3 is 12.0 Å². The maximum atomic E-state index is 12.4. The summed E-state index contributed by atoms with van der Waals surface area (Å²) in [5.41, 5.74) is 6.26. The molecule has 1 aromatic rings. The molecule has 2 rings (SSSR count). The number of hydrogen-bond acceptors (Lipinski definition) is 4. The summed E-state index contributed by atoms with van der Waals surface area (Å²) in [7, 11) is 0. The van der Waals surface area contributed by atoms with Gasteiger partial charge in [0.2, 0.25) is 5.91 Å². The summed E-state index contributed by atoms with van der Waals surface area (Å²) < 4.78 is 4.93. The molecule has 0 bridgehead atoms. The van der Waals surface area contributed by atoms with Crippen LogP contribution in [0, 0.1) is 5.92 Å². The molecule has 1 aromatic carbocycles. The van der Waals surface area contributed by atoms with E-state index in [1.54, 1.807) is 36.1 Å². The largest absolute Gasteiger partial charge is 0.462 e. The molecule has 7 heteroatoms. The molecule has 1 unspecified atom stereocenters. The molecule has 1 atom stereocenters. The minimum Gasteiger partial charge on any atom is -0.462 e. The van der Waals surface area contributed by atoms with Gasteiger partial charge in [-0.25, -0.2) is 9.59 Å². The van der Waals surface area contributed by atoms with Crippen LogP contribution in [0.2, 0.25) is 0 Å². The number of nitrogens with two attached hydrogens (primary N) is 1. The maximum Gasteiger partial charge on any atom is 0.338 e. The van der Waals surface area contributed by atoms with Gasteiger partial charge in [0.25, 0.3) is 0 Å². The summed E-state index contributed by atoms with van der Waals surface area (Å²) >= 11 is 0. The first-order valence-electron chi connectivity index (χ1n) is 8.61. The summed E-state index contributed by atoms with van der Waals surface area (Å²) in [4.78, 5) is 36.7. The number of nitrogens with one attached hydrogen (secondary N) is 1. The number of anilines is 1. The van der Waals surface area contributed by atoms with Crippen molar-refractivity contribution < 1.29 is 19.1 Å². The third-order valence-electron chi connectivity index (χ3n) is 4.25. The van der Waals surface area contributed by atoms with Crippen LogP contribution in [0.25, 0.3) is 0 Å². The molecule has 136 valence electrons. The second-order valence-corrected chi connectivity index (χ2v) is 6.19. The lowest BCUT2D eigenvalue weighted by molar-refractivity contribution is -0.118. The minimum atomic E-state index is -0.381. The molecule has 1 saturated heterocycles. The third-order valence-corrected chi connectivity index (χ3v) is 4.25. The van der Waals surface area contributed by atoms with E-state index in [-0.39, 0.29) is 17.9 Å². The number of hydrogen-bond donors (Lipinski definition) is 2. The maximum absolute atomic E-state index is 12.4. The smallest absolute Gasteiger partial charge is 0.338 e. The molecule has 0 saturated carbocycles. The van der Waals surface area contributed by atoms with Crippen LogP contribution >= 0.6 is 0 Å². The highest BCUT2D eigenvalue weighted by Gasteiger charge is 2.24. The molecule has 0 radical (unpaired) electrons. The van der Waals surface area contributed by atoms with E-state index in [4.69, 9.17) is 10.5 Å². The van der Waals surface area contributed by atoms with Gasteiger partial charge in [-0.3, -0.25) is 4.79 Å². The molecule has 1 fully saturated rings. The number of carbonyl (C=O) groups is 3. The zero-order chi connectivity index (χ0) is 18.2. The van der Waals surface area contributed by atoms with Gasteiger partial charge in [-0.05, 0) is 56.4 Å². The van der Waals surface area contributed by atoms with E-state index in [0.29, 0.717) is 49.7 Å². The van der Waals surface area contributed by atoms with E-state index < -0.39 is 0 Å². The van der Waals surface area contributed by atoms with Gasteiger partial charge in [-0.15, -0.1) is 0 Å². The van der Waals surface area contributed by atoms with Gasteiger partial charge in [0.05, 0.1) is 12.2 Å². The predicted octanol–water partition coefficient (Wildman–Crippen LogP) is 2.37. The van der Waals surface area contributed by atoms with Gasteiger partial charge in [0, 0.05) is 25.2 Å². The molecule has 0 aromatic heterocycles. The van der Waals surface area contributed by atoms with Gasteiger partial charge in [-0.1, -0.05) is 0 Å². The summed E-state index contributed by atoms with van der Waals surface area (Å²) in [6.07, 6.45) is 2.99. The van der Waals surface area contributed by atoms with E-state index >= 15 is 0 Å². The van der Waals surface area contributed by atoms with Crippen molar-refractivity contribution in [3.8, 4) is 0 Å². The van der Waals surface area contributed by atoms with E-state index in [1.165, 1.54) is 0 Å². The fourth-order valence-corrected chi connectivity index (χ4v) is 2.94. The monoisotopic (exact) mass is 347 g/mol. The van der Waals surface area contributed by atoms with Crippen molar-refractivity contribution in [2.75, 3.05) is 25.0 Å².